The van der Waals surface area contributed by atoms with Gasteiger partial charge in [-0.2, -0.15) is 0 Å². The van der Waals surface area contributed by atoms with Gasteiger partial charge in [0.25, 0.3) is 0 Å². The van der Waals surface area contributed by atoms with E-state index in [9.17, 15) is 4.79 Å². The number of aryl methyl sites for hydroxylation is 1. The first-order valence-electron chi connectivity index (χ1n) is 19.5. The van der Waals surface area contributed by atoms with E-state index in [0.29, 0.717) is 41.6 Å². The maximum absolute atomic E-state index is 13.9. The molecule has 8 nitrogen and oxygen atoms in total. The van der Waals surface area contributed by atoms with Crippen molar-refractivity contribution in [1.82, 2.24) is 9.80 Å². The van der Waals surface area contributed by atoms with Crippen LogP contribution in [0.15, 0.2) is 78.4 Å². The van der Waals surface area contributed by atoms with Crippen LogP contribution in [-0.4, -0.2) is 64.1 Å². The van der Waals surface area contributed by atoms with Crippen molar-refractivity contribution in [1.29, 1.82) is 0 Å². The summed E-state index contributed by atoms with van der Waals surface area (Å²) in [6.07, 6.45) is 10.5. The number of hydrogen-bond acceptors (Lipinski definition) is 8. The molecule has 8 heteroatoms. The maximum Gasteiger partial charge on any atom is 0.204 e. The lowest BCUT2D eigenvalue weighted by Crippen LogP contribution is -2.34. The van der Waals surface area contributed by atoms with Crippen molar-refractivity contribution in [2.75, 3.05) is 48.5 Å². The molecule has 4 aliphatic heterocycles. The molecule has 0 N–H and O–H groups in total. The van der Waals surface area contributed by atoms with Crippen LogP contribution in [0.25, 0.3) is 0 Å². The zero-order valence-corrected chi connectivity index (χ0v) is 33.2. The third kappa shape index (κ3) is 7.14. The number of rotatable bonds is 6. The predicted octanol–water partition coefficient (Wildman–Crippen LogP) is 9.10. The molecule has 0 saturated carbocycles. The van der Waals surface area contributed by atoms with Gasteiger partial charge in [-0.05, 0) is 135 Å². The summed E-state index contributed by atoms with van der Waals surface area (Å²) in [6.45, 7) is 6.04. The van der Waals surface area contributed by atoms with Crippen LogP contribution in [0.4, 0.5) is 0 Å². The summed E-state index contributed by atoms with van der Waals surface area (Å²) in [5.74, 6) is 4.66. The van der Waals surface area contributed by atoms with Gasteiger partial charge in [-0.25, -0.2) is 0 Å². The molecule has 1 unspecified atom stereocenters. The number of carbonyl (C=O) groups is 1. The summed E-state index contributed by atoms with van der Waals surface area (Å²) < 4.78 is 31.9. The van der Waals surface area contributed by atoms with Crippen LogP contribution < -0.4 is 23.7 Å². The van der Waals surface area contributed by atoms with Crippen LogP contribution in [0.2, 0.25) is 0 Å². The molecule has 5 aliphatic rings. The normalized spacial score (nSPS) is 20.6. The second-order valence-electron chi connectivity index (χ2n) is 15.6. The Kier molecular flexibility index (Phi) is 10.2. The van der Waals surface area contributed by atoms with Crippen molar-refractivity contribution in [3.8, 4) is 40.2 Å². The van der Waals surface area contributed by atoms with Crippen molar-refractivity contribution in [3.05, 3.63) is 123 Å². The Hall–Kier alpha value is -5.05. The molecular formula is C47H52N2O6. The van der Waals surface area contributed by atoms with Crippen molar-refractivity contribution in [2.45, 2.75) is 64.5 Å². The van der Waals surface area contributed by atoms with Crippen molar-refractivity contribution in [3.63, 3.8) is 0 Å². The molecule has 4 heterocycles. The molecular weight excluding hydrogens is 689 g/mol. The Bertz CT molecular complexity index is 2190. The number of benzene rings is 4. The minimum Gasteiger partial charge on any atom is -0.493 e. The van der Waals surface area contributed by atoms with Crippen LogP contribution >= 0.6 is 0 Å². The number of likely N-dealkylation sites (N-methyl/N-ethyl adjacent to an activating group) is 2. The van der Waals surface area contributed by atoms with Gasteiger partial charge in [-0.1, -0.05) is 42.0 Å². The van der Waals surface area contributed by atoms with Crippen LogP contribution in [0.1, 0.15) is 69.9 Å². The second-order valence-corrected chi connectivity index (χ2v) is 15.6. The maximum atomic E-state index is 13.9. The number of fused-ring (bicyclic) bond motifs is 2. The van der Waals surface area contributed by atoms with Gasteiger partial charge >= 0.3 is 0 Å². The van der Waals surface area contributed by atoms with E-state index < -0.39 is 0 Å². The number of allylic oxidation sites excluding steroid dienone is 4. The fourth-order valence-electron chi connectivity index (χ4n) is 8.87. The molecule has 0 amide bonds. The zero-order chi connectivity index (χ0) is 38.4. The molecule has 0 aromatic heterocycles. The summed E-state index contributed by atoms with van der Waals surface area (Å²) in [6, 6.07) is 19.2. The van der Waals surface area contributed by atoms with E-state index in [1.807, 2.05) is 24.3 Å². The lowest BCUT2D eigenvalue weighted by molar-refractivity contribution is -0.120. The van der Waals surface area contributed by atoms with Crippen molar-refractivity contribution >= 4 is 5.78 Å². The number of carbonyl (C=O) groups excluding carboxylic acids is 1. The van der Waals surface area contributed by atoms with Crippen LogP contribution in [0.3, 0.4) is 0 Å². The first-order valence-corrected chi connectivity index (χ1v) is 19.5. The van der Waals surface area contributed by atoms with Gasteiger partial charge in [0.15, 0.2) is 23.0 Å². The van der Waals surface area contributed by atoms with E-state index in [2.05, 4.69) is 86.3 Å². The van der Waals surface area contributed by atoms with Crippen molar-refractivity contribution in [2.24, 2.45) is 5.92 Å². The molecule has 286 valence electrons. The molecule has 3 atom stereocenters. The highest BCUT2D eigenvalue weighted by atomic mass is 16.5. The van der Waals surface area contributed by atoms with Gasteiger partial charge in [0, 0.05) is 43.1 Å². The zero-order valence-electron chi connectivity index (χ0n) is 33.2. The lowest BCUT2D eigenvalue weighted by Gasteiger charge is -2.38. The SMILES string of the molecule is COc1cc(CC(=O)C2C=CC(C)=CC2)c2cc1Oc1ccc(cc1)C[C@H]1c3cc(c(C)cc3CCN1C)Oc1c(OC)c(OC)cc3c1[C@H](C2)N(C)CC3. The number of methoxy groups -OCH3 is 3. The van der Waals surface area contributed by atoms with E-state index >= 15 is 0 Å². The fraction of sp³-hybridized carbons (Fsp3) is 0.383. The van der Waals surface area contributed by atoms with E-state index in [0.717, 1.165) is 71.7 Å². The van der Waals surface area contributed by atoms with Crippen LogP contribution in [0.5, 0.6) is 40.2 Å². The summed E-state index contributed by atoms with van der Waals surface area (Å²) in [5.41, 5.74) is 10.3. The molecule has 4 aromatic carbocycles. The van der Waals surface area contributed by atoms with Crippen molar-refractivity contribution < 1.29 is 28.5 Å². The second kappa shape index (κ2) is 15.2. The molecule has 0 fully saturated rings. The Morgan fingerprint density at radius 3 is 2.24 bits per heavy atom. The molecule has 6 bridgehead atoms. The first kappa shape index (κ1) is 36.9. The van der Waals surface area contributed by atoms with Gasteiger partial charge in [0.1, 0.15) is 17.3 Å². The summed E-state index contributed by atoms with van der Waals surface area (Å²) in [7, 11) is 9.40. The quantitative estimate of drug-likeness (QED) is 0.194. The average molecular weight is 741 g/mol. The fourth-order valence-corrected chi connectivity index (χ4v) is 8.87. The van der Waals surface area contributed by atoms with E-state index in [1.54, 1.807) is 21.3 Å². The third-order valence-electron chi connectivity index (χ3n) is 12.2. The summed E-state index contributed by atoms with van der Waals surface area (Å²) >= 11 is 0. The number of ether oxygens (including phenoxy) is 5. The minimum atomic E-state index is -0.162. The first-order chi connectivity index (χ1) is 26.6. The van der Waals surface area contributed by atoms with Gasteiger partial charge in [-0.15, -0.1) is 0 Å². The topological polar surface area (TPSA) is 69.7 Å². The number of ketones is 1. The smallest absolute Gasteiger partial charge is 0.204 e. The molecule has 1 aliphatic carbocycles. The van der Waals surface area contributed by atoms with E-state index in [1.165, 1.54) is 22.3 Å². The number of hydrogen-bond donors (Lipinski definition) is 0. The Morgan fingerprint density at radius 2 is 1.53 bits per heavy atom. The van der Waals surface area contributed by atoms with Crippen LogP contribution in [0, 0.1) is 12.8 Å². The Labute approximate surface area is 325 Å². The summed E-state index contributed by atoms with van der Waals surface area (Å²) in [4.78, 5) is 18.8. The van der Waals surface area contributed by atoms with E-state index in [4.69, 9.17) is 23.7 Å². The highest BCUT2D eigenvalue weighted by Crippen LogP contribution is 2.51. The van der Waals surface area contributed by atoms with Gasteiger partial charge < -0.3 is 23.7 Å². The molecule has 0 radical (unpaired) electrons. The molecule has 0 spiro atoms. The Morgan fingerprint density at radius 1 is 0.782 bits per heavy atom. The number of nitrogens with zero attached hydrogens (tertiary/aromatic N) is 2. The van der Waals surface area contributed by atoms with Gasteiger partial charge in [0.05, 0.1) is 21.3 Å². The molecule has 9 rings (SSSR count). The Balaban J connectivity index is 1.32. The van der Waals surface area contributed by atoms with Gasteiger partial charge in [0.2, 0.25) is 5.75 Å². The summed E-state index contributed by atoms with van der Waals surface area (Å²) in [5, 5.41) is 0. The minimum absolute atomic E-state index is 0.108. The predicted molar refractivity (Wildman–Crippen MR) is 216 cm³/mol. The highest BCUT2D eigenvalue weighted by Gasteiger charge is 2.35. The van der Waals surface area contributed by atoms with E-state index in [-0.39, 0.29) is 30.2 Å². The van der Waals surface area contributed by atoms with Gasteiger partial charge in [-0.3, -0.25) is 14.6 Å². The molecule has 0 saturated heterocycles. The average Bonchev–Trinajstić information content (AvgIpc) is 3.18. The molecule has 4 aromatic rings. The molecule has 55 heavy (non-hydrogen) atoms. The van der Waals surface area contributed by atoms with Crippen LogP contribution in [-0.2, 0) is 36.9 Å². The standard InChI is InChI=1S/C47H52N2O6/c1-28-8-12-31(13-9-28)40(50)23-35-25-42(51-5)43-26-34(35)22-39-45-33(17-19-49(39)4)24-44(52-6)46(53-7)47(45)55-41-27-37-32(20-29(41)2)16-18-48(3)38(37)21-30-10-14-36(54-43)15-11-30/h8-12,14-15,20,24-27,31,38-39H,13,16-19,21-23H2,1-7H3/t31?,38-,39-/m0/s1. The highest BCUT2D eigenvalue weighted by molar-refractivity contribution is 5.86. The monoisotopic (exact) mass is 740 g/mol. The number of Topliss-reactive ketones (excluding diaryl/α,β-unsaturated/α-hetero) is 1. The largest absolute Gasteiger partial charge is 0.493 e. The lowest BCUT2D eigenvalue weighted by atomic mass is 9.84. The third-order valence-corrected chi connectivity index (χ3v) is 12.2.